The average Bonchev–Trinajstić information content (AvgIpc) is 2.85. The quantitative estimate of drug-likeness (QED) is 0.883. The molecular formula is C15H20N4O. The molecule has 1 aliphatic rings. The number of carbonyl (C=O) groups is 1. The highest BCUT2D eigenvalue weighted by molar-refractivity contribution is 5.85. The second-order valence-corrected chi connectivity index (χ2v) is 5.56. The van der Waals surface area contributed by atoms with Crippen molar-refractivity contribution in [1.29, 1.82) is 0 Å². The van der Waals surface area contributed by atoms with E-state index in [2.05, 4.69) is 22.7 Å². The molecule has 2 N–H and O–H groups in total. The van der Waals surface area contributed by atoms with Gasteiger partial charge in [0.15, 0.2) is 0 Å². The molecule has 1 aliphatic carbocycles. The maximum Gasteiger partial charge on any atom is 0.334 e. The van der Waals surface area contributed by atoms with Crippen LogP contribution >= 0.6 is 0 Å². The predicted octanol–water partition coefficient (Wildman–Crippen LogP) is 2.87. The van der Waals surface area contributed by atoms with Crippen LogP contribution in [-0.4, -0.2) is 21.7 Å². The standard InChI is InChI=1S/C15H20N4O/c1-11-6-2-3-7-12(11)17-15(20)18-19-10-16-13-8-4-5-9-14(13)19/h4-5,8-12H,2-3,6-7H2,1H3,(H2,17,18,20)/t11-,12-/m0/s1. The van der Waals surface area contributed by atoms with Crippen LogP contribution in [0.4, 0.5) is 4.79 Å². The molecule has 1 fully saturated rings. The van der Waals surface area contributed by atoms with Gasteiger partial charge in [-0.2, -0.15) is 0 Å². The van der Waals surface area contributed by atoms with E-state index in [4.69, 9.17) is 0 Å². The number of nitrogens with zero attached hydrogens (tertiary/aromatic N) is 2. The lowest BCUT2D eigenvalue weighted by Gasteiger charge is -2.29. The van der Waals surface area contributed by atoms with Gasteiger partial charge in [0.05, 0.1) is 11.0 Å². The summed E-state index contributed by atoms with van der Waals surface area (Å²) in [6.45, 7) is 2.21. The van der Waals surface area contributed by atoms with Crippen LogP contribution in [0.15, 0.2) is 30.6 Å². The first-order valence-electron chi connectivity index (χ1n) is 7.23. The van der Waals surface area contributed by atoms with Crippen LogP contribution in [0.5, 0.6) is 0 Å². The number of hydrogen-bond donors (Lipinski definition) is 2. The summed E-state index contributed by atoms with van der Waals surface area (Å²) < 4.78 is 1.66. The highest BCUT2D eigenvalue weighted by atomic mass is 16.2. The van der Waals surface area contributed by atoms with Gasteiger partial charge in [-0.1, -0.05) is 31.9 Å². The number of urea groups is 1. The SMILES string of the molecule is C[C@H]1CCCC[C@@H]1NC(=O)Nn1cnc2ccccc21. The molecule has 0 unspecified atom stereocenters. The van der Waals surface area contributed by atoms with E-state index in [0.29, 0.717) is 5.92 Å². The van der Waals surface area contributed by atoms with Crippen molar-refractivity contribution in [3.63, 3.8) is 0 Å². The Balaban J connectivity index is 1.66. The number of nitrogens with one attached hydrogen (secondary N) is 2. The van der Waals surface area contributed by atoms with E-state index in [0.717, 1.165) is 17.5 Å². The molecule has 1 heterocycles. The van der Waals surface area contributed by atoms with Crippen LogP contribution in [0.3, 0.4) is 0 Å². The zero-order chi connectivity index (χ0) is 13.9. The van der Waals surface area contributed by atoms with Crippen LogP contribution in [0.1, 0.15) is 32.6 Å². The van der Waals surface area contributed by atoms with Crippen molar-refractivity contribution in [2.24, 2.45) is 5.92 Å². The van der Waals surface area contributed by atoms with E-state index in [1.807, 2.05) is 24.3 Å². The molecule has 0 saturated heterocycles. The Kier molecular flexibility index (Phi) is 3.58. The van der Waals surface area contributed by atoms with Crippen molar-refractivity contribution < 1.29 is 4.79 Å². The number of fused-ring (bicyclic) bond motifs is 1. The Morgan fingerprint density at radius 3 is 2.95 bits per heavy atom. The van der Waals surface area contributed by atoms with E-state index < -0.39 is 0 Å². The minimum atomic E-state index is -0.160. The highest BCUT2D eigenvalue weighted by Gasteiger charge is 2.22. The molecule has 1 saturated carbocycles. The second-order valence-electron chi connectivity index (χ2n) is 5.56. The van der Waals surface area contributed by atoms with E-state index >= 15 is 0 Å². The van der Waals surface area contributed by atoms with Gasteiger partial charge in [0.2, 0.25) is 0 Å². The monoisotopic (exact) mass is 272 g/mol. The van der Waals surface area contributed by atoms with E-state index in [-0.39, 0.29) is 12.1 Å². The fourth-order valence-electron chi connectivity index (χ4n) is 2.89. The number of carbonyl (C=O) groups excluding carboxylic acids is 1. The van der Waals surface area contributed by atoms with Gasteiger partial charge in [-0.25, -0.2) is 19.9 Å². The Hall–Kier alpha value is -2.04. The van der Waals surface area contributed by atoms with Gasteiger partial charge in [0.25, 0.3) is 0 Å². The van der Waals surface area contributed by atoms with E-state index in [1.165, 1.54) is 19.3 Å². The summed E-state index contributed by atoms with van der Waals surface area (Å²) in [4.78, 5) is 16.4. The first-order chi connectivity index (χ1) is 9.74. The summed E-state index contributed by atoms with van der Waals surface area (Å²) in [5.74, 6) is 0.550. The number of amides is 2. The van der Waals surface area contributed by atoms with Gasteiger partial charge < -0.3 is 5.32 Å². The third-order valence-electron chi connectivity index (χ3n) is 4.10. The molecule has 2 atom stereocenters. The van der Waals surface area contributed by atoms with Crippen molar-refractivity contribution in [2.75, 3.05) is 5.43 Å². The summed E-state index contributed by atoms with van der Waals surface area (Å²) in [6, 6.07) is 7.85. The maximum absolute atomic E-state index is 12.1. The molecule has 1 aromatic heterocycles. The van der Waals surface area contributed by atoms with Crippen molar-refractivity contribution in [3.8, 4) is 0 Å². The van der Waals surface area contributed by atoms with Crippen molar-refractivity contribution in [2.45, 2.75) is 38.6 Å². The third kappa shape index (κ3) is 2.61. The summed E-state index contributed by atoms with van der Waals surface area (Å²) in [7, 11) is 0. The number of para-hydroxylation sites is 2. The molecule has 5 heteroatoms. The molecular weight excluding hydrogens is 252 g/mol. The van der Waals surface area contributed by atoms with Crippen LogP contribution in [0, 0.1) is 5.92 Å². The average molecular weight is 272 g/mol. The first-order valence-corrected chi connectivity index (χ1v) is 7.23. The molecule has 3 rings (SSSR count). The molecule has 20 heavy (non-hydrogen) atoms. The molecule has 2 aromatic rings. The maximum atomic E-state index is 12.1. The Labute approximate surface area is 118 Å². The largest absolute Gasteiger partial charge is 0.334 e. The molecule has 5 nitrogen and oxygen atoms in total. The number of imidazole rings is 1. The van der Waals surface area contributed by atoms with Crippen molar-refractivity contribution >= 4 is 17.1 Å². The van der Waals surface area contributed by atoms with Crippen molar-refractivity contribution in [3.05, 3.63) is 30.6 Å². The van der Waals surface area contributed by atoms with E-state index in [9.17, 15) is 4.79 Å². The summed E-state index contributed by atoms with van der Waals surface area (Å²) in [5, 5.41) is 3.07. The minimum Gasteiger partial charge on any atom is -0.334 e. The first kappa shape index (κ1) is 13.0. The molecule has 2 amide bonds. The van der Waals surface area contributed by atoms with Crippen LogP contribution < -0.4 is 10.7 Å². The van der Waals surface area contributed by atoms with Gasteiger partial charge in [-0.05, 0) is 30.9 Å². The molecule has 0 bridgehead atoms. The highest BCUT2D eigenvalue weighted by Crippen LogP contribution is 2.23. The summed E-state index contributed by atoms with van der Waals surface area (Å²) >= 11 is 0. The lowest BCUT2D eigenvalue weighted by Crippen LogP contribution is -2.45. The topological polar surface area (TPSA) is 59.0 Å². The Morgan fingerprint density at radius 1 is 1.30 bits per heavy atom. The lowest BCUT2D eigenvalue weighted by molar-refractivity contribution is 0.230. The summed E-state index contributed by atoms with van der Waals surface area (Å²) in [6.07, 6.45) is 6.36. The predicted molar refractivity (Wildman–Crippen MR) is 79.0 cm³/mol. The normalized spacial score (nSPS) is 22.6. The minimum absolute atomic E-state index is 0.160. The van der Waals surface area contributed by atoms with Gasteiger partial charge in [-0.3, -0.25) is 0 Å². The van der Waals surface area contributed by atoms with Gasteiger partial charge in [-0.15, -0.1) is 0 Å². The molecule has 0 aliphatic heterocycles. The van der Waals surface area contributed by atoms with Gasteiger partial charge in [0, 0.05) is 6.04 Å². The Morgan fingerprint density at radius 2 is 2.10 bits per heavy atom. The number of hydrogen-bond acceptors (Lipinski definition) is 2. The van der Waals surface area contributed by atoms with Crippen molar-refractivity contribution in [1.82, 2.24) is 15.0 Å². The smallest absolute Gasteiger partial charge is 0.334 e. The Bertz CT molecular complexity index is 607. The zero-order valence-corrected chi connectivity index (χ0v) is 11.7. The number of rotatable bonds is 2. The molecule has 0 spiro atoms. The zero-order valence-electron chi connectivity index (χ0n) is 11.7. The van der Waals surface area contributed by atoms with Crippen LogP contribution in [0.2, 0.25) is 0 Å². The summed E-state index contributed by atoms with van der Waals surface area (Å²) in [5.41, 5.74) is 4.61. The molecule has 0 radical (unpaired) electrons. The molecule has 1 aromatic carbocycles. The van der Waals surface area contributed by atoms with Crippen LogP contribution in [0.25, 0.3) is 11.0 Å². The number of aromatic nitrogens is 2. The third-order valence-corrected chi connectivity index (χ3v) is 4.10. The number of benzene rings is 1. The van der Waals surface area contributed by atoms with Gasteiger partial charge in [0.1, 0.15) is 6.33 Å². The van der Waals surface area contributed by atoms with E-state index in [1.54, 1.807) is 11.0 Å². The lowest BCUT2D eigenvalue weighted by atomic mass is 9.86. The fraction of sp³-hybridized carbons (Fsp3) is 0.467. The second kappa shape index (κ2) is 5.53. The van der Waals surface area contributed by atoms with Crippen LogP contribution in [-0.2, 0) is 0 Å². The fourth-order valence-corrected chi connectivity index (χ4v) is 2.89. The van der Waals surface area contributed by atoms with Gasteiger partial charge >= 0.3 is 6.03 Å². The molecule has 106 valence electrons.